The second-order valence-corrected chi connectivity index (χ2v) is 7.18. The summed E-state index contributed by atoms with van der Waals surface area (Å²) in [7, 11) is 0. The molecule has 0 saturated carbocycles. The maximum absolute atomic E-state index is 14.3. The monoisotopic (exact) mass is 377 g/mol. The highest BCUT2D eigenvalue weighted by atomic mass is 19.1. The molecule has 3 rings (SSSR count). The van der Waals surface area contributed by atoms with Gasteiger partial charge in [-0.2, -0.15) is 0 Å². The van der Waals surface area contributed by atoms with E-state index in [1.54, 1.807) is 6.92 Å². The average Bonchev–Trinajstić information content (AvgIpc) is 2.63. The van der Waals surface area contributed by atoms with E-state index < -0.39 is 29.2 Å². The normalized spacial score (nSPS) is 26.7. The number of aliphatic hydroxyl groups excluding tert-OH is 1. The quantitative estimate of drug-likeness (QED) is 0.812. The van der Waals surface area contributed by atoms with Gasteiger partial charge in [0.05, 0.1) is 37.6 Å². The number of halogens is 2. The fraction of sp³-hybridized carbons (Fsp3) is 0.429. The van der Waals surface area contributed by atoms with Crippen molar-refractivity contribution >= 4 is 0 Å². The van der Waals surface area contributed by atoms with Gasteiger partial charge >= 0.3 is 0 Å². The lowest BCUT2D eigenvalue weighted by molar-refractivity contribution is -0.119. The van der Waals surface area contributed by atoms with Crippen LogP contribution in [0.3, 0.4) is 0 Å². The van der Waals surface area contributed by atoms with E-state index in [-0.39, 0.29) is 18.3 Å². The van der Waals surface area contributed by atoms with Crippen molar-refractivity contribution < 1.29 is 23.4 Å². The minimum atomic E-state index is -1.23. The molecule has 4 nitrogen and oxygen atoms in total. The zero-order valence-electron chi connectivity index (χ0n) is 15.3. The van der Waals surface area contributed by atoms with Gasteiger partial charge in [-0.1, -0.05) is 36.4 Å². The number of ether oxygens (including phenoxy) is 2. The van der Waals surface area contributed by atoms with Crippen molar-refractivity contribution in [3.63, 3.8) is 0 Å². The van der Waals surface area contributed by atoms with Crippen molar-refractivity contribution in [1.29, 1.82) is 0 Å². The Labute approximate surface area is 157 Å². The van der Waals surface area contributed by atoms with E-state index >= 15 is 0 Å². The molecular weight excluding hydrogens is 352 g/mol. The standard InChI is InChI=1S/C21H25F2NO3/c1-14(25)19-10-17(12-26-11-15-5-3-2-4-6-15)27-13-21(19,24)18-8-7-16(22)9-20(18)23/h2-9,14,17,19,25H,10-13,24H2,1H3/t14?,17-,19?,21?/m1/s1. The minimum absolute atomic E-state index is 0.0183. The molecule has 0 amide bonds. The zero-order chi connectivity index (χ0) is 19.4. The van der Waals surface area contributed by atoms with Crippen molar-refractivity contribution in [3.8, 4) is 0 Å². The number of rotatable bonds is 6. The van der Waals surface area contributed by atoms with Crippen molar-refractivity contribution in [2.24, 2.45) is 11.7 Å². The molecule has 0 bridgehead atoms. The summed E-state index contributed by atoms with van der Waals surface area (Å²) in [5.74, 6) is -1.85. The van der Waals surface area contributed by atoms with Crippen LogP contribution in [0.5, 0.6) is 0 Å². The molecule has 1 heterocycles. The first-order chi connectivity index (χ1) is 12.9. The number of aliphatic hydroxyl groups is 1. The number of hydrogen-bond donors (Lipinski definition) is 2. The van der Waals surface area contributed by atoms with Gasteiger partial charge in [-0.15, -0.1) is 0 Å². The van der Waals surface area contributed by atoms with E-state index in [0.29, 0.717) is 19.6 Å². The lowest BCUT2D eigenvalue weighted by Crippen LogP contribution is -2.57. The summed E-state index contributed by atoms with van der Waals surface area (Å²) in [6.45, 7) is 2.45. The van der Waals surface area contributed by atoms with Crippen LogP contribution in [0.25, 0.3) is 0 Å². The molecule has 0 aromatic heterocycles. The van der Waals surface area contributed by atoms with Crippen LogP contribution in [-0.2, 0) is 21.6 Å². The van der Waals surface area contributed by atoms with Gasteiger partial charge < -0.3 is 20.3 Å². The third-order valence-electron chi connectivity index (χ3n) is 5.17. The molecular formula is C21H25F2NO3. The van der Waals surface area contributed by atoms with Gasteiger partial charge in [0.2, 0.25) is 0 Å². The topological polar surface area (TPSA) is 64.7 Å². The van der Waals surface area contributed by atoms with E-state index in [4.69, 9.17) is 15.2 Å². The smallest absolute Gasteiger partial charge is 0.131 e. The summed E-state index contributed by atoms with van der Waals surface area (Å²) in [4.78, 5) is 0. The average molecular weight is 377 g/mol. The van der Waals surface area contributed by atoms with Gasteiger partial charge in [0.1, 0.15) is 11.6 Å². The van der Waals surface area contributed by atoms with Gasteiger partial charge in [0.15, 0.2) is 0 Å². The van der Waals surface area contributed by atoms with E-state index in [2.05, 4.69) is 0 Å². The predicted molar refractivity (Wildman–Crippen MR) is 97.8 cm³/mol. The molecule has 1 saturated heterocycles. The highest BCUT2D eigenvalue weighted by molar-refractivity contribution is 5.29. The maximum atomic E-state index is 14.3. The molecule has 1 fully saturated rings. The highest BCUT2D eigenvalue weighted by Crippen LogP contribution is 2.39. The summed E-state index contributed by atoms with van der Waals surface area (Å²) in [5.41, 5.74) is 6.44. The van der Waals surface area contributed by atoms with Crippen molar-refractivity contribution in [2.45, 2.75) is 37.7 Å². The molecule has 3 unspecified atom stereocenters. The summed E-state index contributed by atoms with van der Waals surface area (Å²) in [6.07, 6.45) is -0.617. The molecule has 2 aromatic rings. The molecule has 2 aromatic carbocycles. The number of hydrogen-bond acceptors (Lipinski definition) is 4. The van der Waals surface area contributed by atoms with Crippen molar-refractivity contribution in [1.82, 2.24) is 0 Å². The van der Waals surface area contributed by atoms with Crippen LogP contribution >= 0.6 is 0 Å². The van der Waals surface area contributed by atoms with Crippen LogP contribution in [0.2, 0.25) is 0 Å². The fourth-order valence-electron chi connectivity index (χ4n) is 3.69. The predicted octanol–water partition coefficient (Wildman–Crippen LogP) is 3.12. The number of benzene rings is 2. The van der Waals surface area contributed by atoms with Crippen LogP contribution in [0.4, 0.5) is 8.78 Å². The third-order valence-corrected chi connectivity index (χ3v) is 5.17. The van der Waals surface area contributed by atoms with Gasteiger partial charge in [0, 0.05) is 17.5 Å². The van der Waals surface area contributed by atoms with Crippen LogP contribution in [-0.4, -0.2) is 30.5 Å². The van der Waals surface area contributed by atoms with E-state index in [1.807, 2.05) is 30.3 Å². The Balaban J connectivity index is 1.67. The second kappa shape index (κ2) is 8.44. The summed E-state index contributed by atoms with van der Waals surface area (Å²) in [6, 6.07) is 13.1. The molecule has 4 atom stereocenters. The summed E-state index contributed by atoms with van der Waals surface area (Å²) >= 11 is 0. The van der Waals surface area contributed by atoms with Gasteiger partial charge in [-0.3, -0.25) is 0 Å². The van der Waals surface area contributed by atoms with Crippen LogP contribution < -0.4 is 5.73 Å². The van der Waals surface area contributed by atoms with Crippen molar-refractivity contribution in [2.75, 3.05) is 13.2 Å². The third kappa shape index (κ3) is 4.52. The summed E-state index contributed by atoms with van der Waals surface area (Å²) in [5, 5.41) is 10.3. The van der Waals surface area contributed by atoms with Crippen LogP contribution in [0.1, 0.15) is 24.5 Å². The van der Waals surface area contributed by atoms with E-state index in [0.717, 1.165) is 11.6 Å². The minimum Gasteiger partial charge on any atom is -0.393 e. The lowest BCUT2D eigenvalue weighted by Gasteiger charge is -2.45. The Kier molecular flexibility index (Phi) is 6.22. The van der Waals surface area contributed by atoms with Crippen LogP contribution in [0.15, 0.2) is 48.5 Å². The molecule has 0 aliphatic carbocycles. The highest BCUT2D eigenvalue weighted by Gasteiger charge is 2.46. The molecule has 0 spiro atoms. The van der Waals surface area contributed by atoms with Gasteiger partial charge in [0.25, 0.3) is 0 Å². The Bertz CT molecular complexity index is 756. The SMILES string of the molecule is CC(O)C1C[C@H](COCc2ccccc2)OCC1(N)c1ccc(F)cc1F. The second-order valence-electron chi connectivity index (χ2n) is 7.18. The first-order valence-corrected chi connectivity index (χ1v) is 9.06. The largest absolute Gasteiger partial charge is 0.393 e. The lowest BCUT2D eigenvalue weighted by atomic mass is 9.72. The molecule has 1 aliphatic heterocycles. The van der Waals surface area contributed by atoms with Crippen molar-refractivity contribution in [3.05, 3.63) is 71.3 Å². The first kappa shape index (κ1) is 19.9. The molecule has 1 aliphatic rings. The van der Waals surface area contributed by atoms with E-state index in [9.17, 15) is 13.9 Å². The van der Waals surface area contributed by atoms with Crippen LogP contribution in [0, 0.1) is 17.6 Å². The summed E-state index contributed by atoms with van der Waals surface area (Å²) < 4.78 is 39.1. The van der Waals surface area contributed by atoms with Gasteiger partial charge in [-0.05, 0) is 25.0 Å². The Morgan fingerprint density at radius 2 is 2.00 bits per heavy atom. The Hall–Kier alpha value is -1.86. The molecule has 146 valence electrons. The number of nitrogens with two attached hydrogens (primary N) is 1. The Morgan fingerprint density at radius 3 is 2.67 bits per heavy atom. The zero-order valence-corrected chi connectivity index (χ0v) is 15.3. The van der Waals surface area contributed by atoms with Gasteiger partial charge in [-0.25, -0.2) is 8.78 Å². The maximum Gasteiger partial charge on any atom is 0.131 e. The molecule has 0 radical (unpaired) electrons. The first-order valence-electron chi connectivity index (χ1n) is 9.06. The fourth-order valence-corrected chi connectivity index (χ4v) is 3.69. The molecule has 27 heavy (non-hydrogen) atoms. The molecule has 6 heteroatoms. The molecule has 3 N–H and O–H groups in total. The Morgan fingerprint density at radius 1 is 1.26 bits per heavy atom. The van der Waals surface area contributed by atoms with E-state index in [1.165, 1.54) is 12.1 Å².